The van der Waals surface area contributed by atoms with Crippen LogP contribution in [0.15, 0.2) is 42.9 Å². The molecule has 18 heavy (non-hydrogen) atoms. The first-order valence-corrected chi connectivity index (χ1v) is 6.83. The fourth-order valence-electron chi connectivity index (χ4n) is 1.41. The minimum atomic E-state index is -4.21. The maximum Gasteiger partial charge on any atom is 0.197 e. The Morgan fingerprint density at radius 2 is 2.11 bits per heavy atom. The molecule has 0 saturated carbocycles. The lowest BCUT2D eigenvalue weighted by Crippen LogP contribution is -2.40. The molecule has 0 aliphatic heterocycles. The number of nitrogens with zero attached hydrogens (tertiary/aromatic N) is 3. The molecule has 94 valence electrons. The van der Waals surface area contributed by atoms with Gasteiger partial charge in [0.1, 0.15) is 16.3 Å². The predicted octanol–water partition coefficient (Wildman–Crippen LogP) is -0.0237. The Labute approximate surface area is 105 Å². The van der Waals surface area contributed by atoms with Crippen LogP contribution in [0.25, 0.3) is 11.3 Å². The molecule has 0 radical (unpaired) electrons. The fraction of sp³-hybridized carbons (Fsp3) is 0.182. The highest BCUT2D eigenvalue weighted by atomic mass is 32.2. The predicted molar refractivity (Wildman–Crippen MR) is 62.2 cm³/mol. The first-order valence-electron chi connectivity index (χ1n) is 5.25. The van der Waals surface area contributed by atoms with Gasteiger partial charge in [-0.3, -0.25) is 4.98 Å². The summed E-state index contributed by atoms with van der Waals surface area (Å²) >= 11 is 0. The van der Waals surface area contributed by atoms with Crippen molar-refractivity contribution >= 4 is 10.1 Å². The summed E-state index contributed by atoms with van der Waals surface area (Å²) < 4.78 is 32.9. The Hall–Kier alpha value is -1.86. The van der Waals surface area contributed by atoms with E-state index < -0.39 is 15.9 Å². The van der Waals surface area contributed by atoms with Crippen LogP contribution >= 0.6 is 0 Å². The minimum Gasteiger partial charge on any atom is -0.748 e. The number of hydrogen-bond acceptors (Lipinski definition) is 5. The third-order valence-corrected chi connectivity index (χ3v) is 2.98. The third kappa shape index (κ3) is 3.57. The van der Waals surface area contributed by atoms with Gasteiger partial charge in [0.25, 0.3) is 0 Å². The van der Waals surface area contributed by atoms with Gasteiger partial charge in [-0.05, 0) is 17.2 Å². The molecule has 6 nitrogen and oxygen atoms in total. The van der Waals surface area contributed by atoms with Crippen LogP contribution < -0.4 is 4.68 Å². The second-order valence-electron chi connectivity index (χ2n) is 3.66. The Morgan fingerprint density at radius 1 is 1.28 bits per heavy atom. The lowest BCUT2D eigenvalue weighted by Gasteiger charge is -2.02. The highest BCUT2D eigenvalue weighted by Gasteiger charge is 2.07. The van der Waals surface area contributed by atoms with Crippen LogP contribution in [0.4, 0.5) is 0 Å². The SMILES string of the molecule is O=S(=O)([O-])CC[n+]1ccc(-c2ccccn2)cn1. The van der Waals surface area contributed by atoms with Crippen molar-refractivity contribution in [2.24, 2.45) is 0 Å². The molecule has 7 heteroatoms. The van der Waals surface area contributed by atoms with E-state index in [0.717, 1.165) is 11.3 Å². The molecule has 0 fully saturated rings. The van der Waals surface area contributed by atoms with Crippen molar-refractivity contribution in [1.82, 2.24) is 10.1 Å². The summed E-state index contributed by atoms with van der Waals surface area (Å²) in [5, 5.41) is 4.03. The lowest BCUT2D eigenvalue weighted by molar-refractivity contribution is -0.750. The molecular weight excluding hydrogens is 254 g/mol. The fourth-order valence-corrected chi connectivity index (χ4v) is 1.82. The Balaban J connectivity index is 2.11. The summed E-state index contributed by atoms with van der Waals surface area (Å²) in [6.45, 7) is 0.0499. The second kappa shape index (κ2) is 5.19. The van der Waals surface area contributed by atoms with Crippen molar-refractivity contribution < 1.29 is 17.7 Å². The Morgan fingerprint density at radius 3 is 2.67 bits per heavy atom. The van der Waals surface area contributed by atoms with Gasteiger partial charge in [0, 0.05) is 17.8 Å². The Bertz CT molecular complexity index is 612. The number of pyridine rings is 1. The van der Waals surface area contributed by atoms with Crippen LogP contribution in [-0.2, 0) is 16.7 Å². The van der Waals surface area contributed by atoms with E-state index in [-0.39, 0.29) is 6.54 Å². The van der Waals surface area contributed by atoms with Crippen LogP contribution in [-0.4, -0.2) is 28.8 Å². The summed E-state index contributed by atoms with van der Waals surface area (Å²) in [6, 6.07) is 7.31. The summed E-state index contributed by atoms with van der Waals surface area (Å²) in [5.41, 5.74) is 1.62. The average molecular weight is 265 g/mol. The van der Waals surface area contributed by atoms with E-state index in [4.69, 9.17) is 0 Å². The molecule has 0 saturated heterocycles. The van der Waals surface area contributed by atoms with Crippen LogP contribution in [0.3, 0.4) is 0 Å². The van der Waals surface area contributed by atoms with Crippen LogP contribution in [0.5, 0.6) is 0 Å². The minimum absolute atomic E-state index is 0.0499. The summed E-state index contributed by atoms with van der Waals surface area (Å²) in [7, 11) is -4.21. The topological polar surface area (TPSA) is 86.9 Å². The van der Waals surface area contributed by atoms with Crippen LogP contribution in [0, 0.1) is 0 Å². The molecule has 2 aromatic rings. The highest BCUT2D eigenvalue weighted by molar-refractivity contribution is 7.85. The summed E-state index contributed by atoms with van der Waals surface area (Å²) in [5.74, 6) is -0.465. The normalized spacial score (nSPS) is 11.4. The van der Waals surface area contributed by atoms with E-state index in [1.54, 1.807) is 24.7 Å². The van der Waals surface area contributed by atoms with Crippen molar-refractivity contribution in [1.29, 1.82) is 0 Å². The Kier molecular flexibility index (Phi) is 3.63. The molecule has 2 aromatic heterocycles. The molecule has 0 amide bonds. The average Bonchev–Trinajstić information content (AvgIpc) is 2.37. The molecule has 0 bridgehead atoms. The van der Waals surface area contributed by atoms with Gasteiger partial charge in [0.2, 0.25) is 0 Å². The standard InChI is InChI=1S/C11H11N3O3S/c15-18(16,17)8-7-14-6-4-10(9-13-14)11-3-1-2-5-12-11/h1-6,9H,7-8H2. The third-order valence-electron chi connectivity index (χ3n) is 2.30. The van der Waals surface area contributed by atoms with Gasteiger partial charge in [-0.1, -0.05) is 10.7 Å². The van der Waals surface area contributed by atoms with Gasteiger partial charge in [-0.2, -0.15) is 0 Å². The van der Waals surface area contributed by atoms with E-state index in [1.165, 1.54) is 4.68 Å². The molecule has 0 aliphatic rings. The maximum absolute atomic E-state index is 10.5. The van der Waals surface area contributed by atoms with Gasteiger partial charge in [0.15, 0.2) is 12.7 Å². The van der Waals surface area contributed by atoms with E-state index in [0.29, 0.717) is 0 Å². The number of hydrogen-bond donors (Lipinski definition) is 0. The van der Waals surface area contributed by atoms with Crippen molar-refractivity contribution in [3.05, 3.63) is 42.9 Å². The van der Waals surface area contributed by atoms with E-state index in [2.05, 4.69) is 10.1 Å². The first kappa shape index (κ1) is 12.6. The zero-order chi connectivity index (χ0) is 13.0. The molecule has 0 aliphatic carbocycles. The zero-order valence-electron chi connectivity index (χ0n) is 9.43. The zero-order valence-corrected chi connectivity index (χ0v) is 10.2. The van der Waals surface area contributed by atoms with Gasteiger partial charge in [0.05, 0.1) is 11.4 Å². The molecule has 0 atom stereocenters. The van der Waals surface area contributed by atoms with E-state index in [1.807, 2.05) is 18.2 Å². The van der Waals surface area contributed by atoms with Crippen LogP contribution in [0.1, 0.15) is 0 Å². The van der Waals surface area contributed by atoms with E-state index >= 15 is 0 Å². The number of rotatable bonds is 4. The second-order valence-corrected chi connectivity index (χ2v) is 5.18. The molecule has 0 N–H and O–H groups in total. The quantitative estimate of drug-likeness (QED) is 0.572. The van der Waals surface area contributed by atoms with Crippen molar-refractivity contribution in [3.8, 4) is 11.3 Å². The van der Waals surface area contributed by atoms with Crippen molar-refractivity contribution in [3.63, 3.8) is 0 Å². The molecule has 2 heterocycles. The smallest absolute Gasteiger partial charge is 0.197 e. The first-order chi connectivity index (χ1) is 8.54. The summed E-state index contributed by atoms with van der Waals surface area (Å²) in [4.78, 5) is 4.17. The van der Waals surface area contributed by atoms with Gasteiger partial charge >= 0.3 is 0 Å². The van der Waals surface area contributed by atoms with E-state index in [9.17, 15) is 13.0 Å². The number of aryl methyl sites for hydroxylation is 1. The molecule has 0 aromatic carbocycles. The van der Waals surface area contributed by atoms with Gasteiger partial charge in [-0.25, -0.2) is 8.42 Å². The van der Waals surface area contributed by atoms with Gasteiger partial charge in [-0.15, -0.1) is 0 Å². The molecule has 0 spiro atoms. The monoisotopic (exact) mass is 265 g/mol. The summed E-state index contributed by atoms with van der Waals surface area (Å²) in [6.07, 6.45) is 4.88. The van der Waals surface area contributed by atoms with Crippen molar-refractivity contribution in [2.75, 3.05) is 5.75 Å². The molecular formula is C11H11N3O3S. The largest absolute Gasteiger partial charge is 0.748 e. The molecule has 2 rings (SSSR count). The lowest BCUT2D eigenvalue weighted by atomic mass is 10.2. The highest BCUT2D eigenvalue weighted by Crippen LogP contribution is 2.12. The van der Waals surface area contributed by atoms with Crippen LogP contribution in [0.2, 0.25) is 0 Å². The van der Waals surface area contributed by atoms with Gasteiger partial charge < -0.3 is 4.55 Å². The molecule has 0 unspecified atom stereocenters. The number of aromatic nitrogens is 3. The maximum atomic E-state index is 10.5. The van der Waals surface area contributed by atoms with Crippen molar-refractivity contribution in [2.45, 2.75) is 6.54 Å².